The number of hydrogen-bond donors (Lipinski definition) is 1. The molecule has 0 spiro atoms. The summed E-state index contributed by atoms with van der Waals surface area (Å²) in [6.07, 6.45) is 0. The lowest BCUT2D eigenvalue weighted by molar-refractivity contribution is 0.269. The molecular weight excluding hydrogens is 407 g/mol. The third kappa shape index (κ3) is 4.34. The Morgan fingerprint density at radius 3 is 2.59 bits per heavy atom. The summed E-state index contributed by atoms with van der Waals surface area (Å²) >= 11 is 12.2. The second kappa shape index (κ2) is 8.36. The van der Waals surface area contributed by atoms with Crippen molar-refractivity contribution in [1.29, 1.82) is 0 Å². The van der Waals surface area contributed by atoms with Gasteiger partial charge in [-0.2, -0.15) is 0 Å². The van der Waals surface area contributed by atoms with Crippen molar-refractivity contribution in [1.82, 2.24) is 9.97 Å². The zero-order valence-corrected chi connectivity index (χ0v) is 17.6. The van der Waals surface area contributed by atoms with E-state index < -0.39 is 0 Å². The Labute approximate surface area is 179 Å². The van der Waals surface area contributed by atoms with Gasteiger partial charge in [0, 0.05) is 21.2 Å². The van der Waals surface area contributed by atoms with E-state index in [-0.39, 0.29) is 0 Å². The summed E-state index contributed by atoms with van der Waals surface area (Å²) in [5, 5.41) is 1.17. The molecule has 0 aliphatic rings. The normalized spacial score (nSPS) is 11.0. The highest BCUT2D eigenvalue weighted by Crippen LogP contribution is 2.34. The van der Waals surface area contributed by atoms with Crippen LogP contribution in [0.1, 0.15) is 18.1 Å². The minimum Gasteiger partial charge on any atom is -0.490 e. The van der Waals surface area contributed by atoms with Crippen LogP contribution in [-0.2, 0) is 6.61 Å². The van der Waals surface area contributed by atoms with E-state index >= 15 is 0 Å². The molecule has 0 saturated carbocycles. The van der Waals surface area contributed by atoms with Crippen molar-refractivity contribution in [3.63, 3.8) is 0 Å². The molecule has 29 heavy (non-hydrogen) atoms. The Hall–Kier alpha value is -2.69. The minimum atomic E-state index is 0.319. The quantitative estimate of drug-likeness (QED) is 0.367. The number of nitrogens with zero attached hydrogens (tertiary/aromatic N) is 1. The smallest absolute Gasteiger partial charge is 0.161 e. The summed E-state index contributed by atoms with van der Waals surface area (Å²) in [7, 11) is 0. The standard InChI is InChI=1S/C23H20Cl2N2O2/c1-3-28-22-11-15(23-26-19-8-4-14(2)10-20(19)27-23)6-9-21(22)29-13-16-5-7-17(24)12-18(16)25/h4-12H,3,13H2,1-2H3,(H,26,27). The molecule has 1 N–H and O–H groups in total. The zero-order valence-electron chi connectivity index (χ0n) is 16.1. The van der Waals surface area contributed by atoms with Crippen molar-refractivity contribution in [3.8, 4) is 22.9 Å². The van der Waals surface area contributed by atoms with Gasteiger partial charge in [-0.05, 0) is 61.9 Å². The first-order valence-electron chi connectivity index (χ1n) is 9.34. The van der Waals surface area contributed by atoms with Gasteiger partial charge in [0.25, 0.3) is 0 Å². The highest BCUT2D eigenvalue weighted by atomic mass is 35.5. The summed E-state index contributed by atoms with van der Waals surface area (Å²) in [6.45, 7) is 4.85. The number of fused-ring (bicyclic) bond motifs is 1. The third-order valence-electron chi connectivity index (χ3n) is 4.55. The number of ether oxygens (including phenoxy) is 2. The SMILES string of the molecule is CCOc1cc(-c2nc3ccc(C)cc3[nH]2)ccc1OCc1ccc(Cl)cc1Cl. The number of aromatic nitrogens is 2. The topological polar surface area (TPSA) is 47.1 Å². The Morgan fingerprint density at radius 2 is 1.79 bits per heavy atom. The number of nitrogens with one attached hydrogen (secondary N) is 1. The maximum atomic E-state index is 6.24. The summed E-state index contributed by atoms with van der Waals surface area (Å²) in [5.74, 6) is 2.10. The molecule has 4 aromatic rings. The van der Waals surface area contributed by atoms with Crippen molar-refractivity contribution in [2.75, 3.05) is 6.61 Å². The Kier molecular flexibility index (Phi) is 5.65. The van der Waals surface area contributed by atoms with Crippen LogP contribution in [0.25, 0.3) is 22.4 Å². The van der Waals surface area contributed by atoms with Crippen molar-refractivity contribution < 1.29 is 9.47 Å². The second-order valence-electron chi connectivity index (χ2n) is 6.72. The van der Waals surface area contributed by atoms with Crippen LogP contribution in [-0.4, -0.2) is 16.6 Å². The maximum Gasteiger partial charge on any atom is 0.161 e. The van der Waals surface area contributed by atoms with Crippen LogP contribution in [0, 0.1) is 6.92 Å². The van der Waals surface area contributed by atoms with Gasteiger partial charge in [0.05, 0.1) is 17.6 Å². The van der Waals surface area contributed by atoms with Gasteiger partial charge in [0.15, 0.2) is 11.5 Å². The molecule has 0 unspecified atom stereocenters. The first kappa shape index (κ1) is 19.6. The summed E-state index contributed by atoms with van der Waals surface area (Å²) in [4.78, 5) is 8.06. The van der Waals surface area contributed by atoms with Crippen LogP contribution in [0.2, 0.25) is 10.0 Å². The molecule has 4 rings (SSSR count). The first-order chi connectivity index (χ1) is 14.0. The average Bonchev–Trinajstić information content (AvgIpc) is 3.11. The lowest BCUT2D eigenvalue weighted by atomic mass is 10.2. The molecule has 1 aromatic heterocycles. The molecule has 0 bridgehead atoms. The summed E-state index contributed by atoms with van der Waals surface area (Å²) in [5.41, 5.74) is 4.92. The molecule has 6 heteroatoms. The van der Waals surface area contributed by atoms with Gasteiger partial charge < -0.3 is 14.5 Å². The van der Waals surface area contributed by atoms with Crippen molar-refractivity contribution >= 4 is 34.2 Å². The number of halogens is 2. The fourth-order valence-corrected chi connectivity index (χ4v) is 3.56. The van der Waals surface area contributed by atoms with Crippen LogP contribution in [0.15, 0.2) is 54.6 Å². The van der Waals surface area contributed by atoms with Gasteiger partial charge in [0.1, 0.15) is 12.4 Å². The van der Waals surface area contributed by atoms with E-state index in [4.69, 9.17) is 32.7 Å². The number of rotatable bonds is 6. The third-order valence-corrected chi connectivity index (χ3v) is 5.14. The fourth-order valence-electron chi connectivity index (χ4n) is 3.10. The Bertz CT molecular complexity index is 1170. The van der Waals surface area contributed by atoms with E-state index in [0.29, 0.717) is 34.8 Å². The highest BCUT2D eigenvalue weighted by molar-refractivity contribution is 6.35. The molecule has 3 aromatic carbocycles. The minimum absolute atomic E-state index is 0.319. The lowest BCUT2D eigenvalue weighted by Crippen LogP contribution is -2.00. The number of imidazole rings is 1. The summed E-state index contributed by atoms with van der Waals surface area (Å²) < 4.78 is 11.8. The van der Waals surface area contributed by atoms with Crippen LogP contribution in [0.5, 0.6) is 11.5 Å². The summed E-state index contributed by atoms with van der Waals surface area (Å²) in [6, 6.07) is 17.3. The molecule has 0 atom stereocenters. The van der Waals surface area contributed by atoms with E-state index in [1.165, 1.54) is 5.56 Å². The van der Waals surface area contributed by atoms with Gasteiger partial charge in [-0.25, -0.2) is 4.98 Å². The monoisotopic (exact) mass is 426 g/mol. The predicted octanol–water partition coefficient (Wildman–Crippen LogP) is 6.82. The fraction of sp³-hybridized carbons (Fsp3) is 0.174. The number of aromatic amines is 1. The van der Waals surface area contributed by atoms with Gasteiger partial charge in [0.2, 0.25) is 0 Å². The lowest BCUT2D eigenvalue weighted by Gasteiger charge is -2.13. The van der Waals surface area contributed by atoms with E-state index in [1.807, 2.05) is 37.3 Å². The molecular formula is C23H20Cl2N2O2. The molecule has 4 nitrogen and oxygen atoms in total. The van der Waals surface area contributed by atoms with Gasteiger partial charge in [-0.15, -0.1) is 0 Å². The largest absolute Gasteiger partial charge is 0.490 e. The molecule has 0 amide bonds. The average molecular weight is 427 g/mol. The van der Waals surface area contributed by atoms with Gasteiger partial charge in [-0.3, -0.25) is 0 Å². The number of hydrogen-bond acceptors (Lipinski definition) is 3. The van der Waals surface area contributed by atoms with Gasteiger partial charge >= 0.3 is 0 Å². The molecule has 148 valence electrons. The molecule has 0 fully saturated rings. The number of aryl methyl sites for hydroxylation is 1. The number of benzene rings is 3. The van der Waals surface area contributed by atoms with Crippen LogP contribution in [0.3, 0.4) is 0 Å². The van der Waals surface area contributed by atoms with Crippen molar-refractivity contribution in [2.45, 2.75) is 20.5 Å². The molecule has 1 heterocycles. The van der Waals surface area contributed by atoms with Crippen molar-refractivity contribution in [2.24, 2.45) is 0 Å². The van der Waals surface area contributed by atoms with E-state index in [2.05, 4.69) is 29.0 Å². The van der Waals surface area contributed by atoms with Crippen molar-refractivity contribution in [3.05, 3.63) is 75.8 Å². The highest BCUT2D eigenvalue weighted by Gasteiger charge is 2.12. The van der Waals surface area contributed by atoms with E-state index in [1.54, 1.807) is 12.1 Å². The zero-order chi connectivity index (χ0) is 20.4. The molecule has 0 saturated heterocycles. The van der Waals surface area contributed by atoms with Gasteiger partial charge in [-0.1, -0.05) is 35.3 Å². The second-order valence-corrected chi connectivity index (χ2v) is 7.57. The van der Waals surface area contributed by atoms with E-state index in [0.717, 1.165) is 28.0 Å². The Morgan fingerprint density at radius 1 is 0.931 bits per heavy atom. The molecule has 0 aliphatic carbocycles. The maximum absolute atomic E-state index is 6.24. The predicted molar refractivity (Wildman–Crippen MR) is 118 cm³/mol. The molecule has 0 radical (unpaired) electrons. The number of H-pyrrole nitrogens is 1. The van der Waals surface area contributed by atoms with Crippen LogP contribution in [0.4, 0.5) is 0 Å². The van der Waals surface area contributed by atoms with Crippen LogP contribution < -0.4 is 9.47 Å². The van der Waals surface area contributed by atoms with Crippen LogP contribution >= 0.6 is 23.2 Å². The van der Waals surface area contributed by atoms with E-state index in [9.17, 15) is 0 Å². The molecule has 0 aliphatic heterocycles. The Balaban J connectivity index is 1.61. The first-order valence-corrected chi connectivity index (χ1v) is 10.1.